The van der Waals surface area contributed by atoms with E-state index in [-0.39, 0.29) is 12.6 Å². The van der Waals surface area contributed by atoms with Crippen LogP contribution in [0.5, 0.6) is 11.5 Å². The van der Waals surface area contributed by atoms with Crippen molar-refractivity contribution in [1.82, 2.24) is 4.98 Å². The van der Waals surface area contributed by atoms with Crippen LogP contribution in [-0.2, 0) is 4.74 Å². The number of ether oxygens (including phenoxy) is 3. The molecule has 0 aliphatic carbocycles. The fraction of sp³-hybridized carbons (Fsp3) is 0.286. The van der Waals surface area contributed by atoms with Crippen LogP contribution in [-0.4, -0.2) is 24.4 Å². The van der Waals surface area contributed by atoms with E-state index in [4.69, 9.17) is 18.6 Å². The third-order valence-corrected chi connectivity index (χ3v) is 2.88. The van der Waals surface area contributed by atoms with E-state index in [1.807, 2.05) is 0 Å². The Morgan fingerprint density at radius 1 is 1.35 bits per heavy atom. The van der Waals surface area contributed by atoms with Crippen LogP contribution in [0.2, 0.25) is 0 Å². The Labute approximate surface area is 115 Å². The highest BCUT2D eigenvalue weighted by molar-refractivity contribution is 5.88. The molecule has 0 saturated heterocycles. The molecule has 20 heavy (non-hydrogen) atoms. The summed E-state index contributed by atoms with van der Waals surface area (Å²) in [5.41, 5.74) is 1.21. The van der Waals surface area contributed by atoms with Gasteiger partial charge in [-0.3, -0.25) is 0 Å². The Kier molecular flexibility index (Phi) is 3.06. The normalized spacial score (nSPS) is 12.5. The van der Waals surface area contributed by atoms with Gasteiger partial charge in [0.15, 0.2) is 11.5 Å². The summed E-state index contributed by atoms with van der Waals surface area (Å²) in [6.07, 6.45) is 0. The lowest BCUT2D eigenvalue weighted by Crippen LogP contribution is -2.04. The lowest BCUT2D eigenvalue weighted by Gasteiger charge is -1.99. The molecular weight excluding hydrogens is 262 g/mol. The quantitative estimate of drug-likeness (QED) is 0.802. The Balaban J connectivity index is 1.95. The predicted octanol–water partition coefficient (Wildman–Crippen LogP) is 2.56. The first kappa shape index (κ1) is 12.5. The SMILES string of the molecule is CCOC(=O)c1oc(-c2ccc3c(c2)OCO3)nc1C. The zero-order valence-corrected chi connectivity index (χ0v) is 11.1. The van der Waals surface area contributed by atoms with E-state index in [1.54, 1.807) is 32.0 Å². The lowest BCUT2D eigenvalue weighted by molar-refractivity contribution is 0.0490. The molecular formula is C14H13NO5. The minimum atomic E-state index is -0.510. The van der Waals surface area contributed by atoms with Crippen molar-refractivity contribution in [1.29, 1.82) is 0 Å². The molecule has 2 heterocycles. The molecule has 2 aromatic rings. The molecule has 6 heteroatoms. The molecule has 1 aliphatic heterocycles. The van der Waals surface area contributed by atoms with Crippen molar-refractivity contribution in [3.63, 3.8) is 0 Å². The van der Waals surface area contributed by atoms with Gasteiger partial charge in [-0.25, -0.2) is 9.78 Å². The molecule has 1 aromatic carbocycles. The molecule has 0 bridgehead atoms. The number of nitrogens with zero attached hydrogens (tertiary/aromatic N) is 1. The average Bonchev–Trinajstić information content (AvgIpc) is 3.04. The molecule has 0 atom stereocenters. The summed E-state index contributed by atoms with van der Waals surface area (Å²) >= 11 is 0. The minimum Gasteiger partial charge on any atom is -0.460 e. The Morgan fingerprint density at radius 3 is 2.95 bits per heavy atom. The third-order valence-electron chi connectivity index (χ3n) is 2.88. The van der Waals surface area contributed by atoms with Crippen LogP contribution in [0.3, 0.4) is 0 Å². The highest BCUT2D eigenvalue weighted by Crippen LogP contribution is 2.36. The molecule has 3 rings (SSSR count). The van der Waals surface area contributed by atoms with E-state index >= 15 is 0 Å². The van der Waals surface area contributed by atoms with Crippen LogP contribution in [0.4, 0.5) is 0 Å². The lowest BCUT2D eigenvalue weighted by atomic mass is 10.2. The zero-order chi connectivity index (χ0) is 14.1. The second-order valence-electron chi connectivity index (χ2n) is 4.22. The van der Waals surface area contributed by atoms with E-state index < -0.39 is 5.97 Å². The van der Waals surface area contributed by atoms with Gasteiger partial charge in [0.2, 0.25) is 18.4 Å². The van der Waals surface area contributed by atoms with Crippen molar-refractivity contribution in [2.24, 2.45) is 0 Å². The largest absolute Gasteiger partial charge is 0.460 e. The molecule has 0 N–H and O–H groups in total. The van der Waals surface area contributed by atoms with Gasteiger partial charge in [0.1, 0.15) is 0 Å². The smallest absolute Gasteiger partial charge is 0.376 e. The number of fused-ring (bicyclic) bond motifs is 1. The molecule has 0 fully saturated rings. The fourth-order valence-electron chi connectivity index (χ4n) is 1.94. The van der Waals surface area contributed by atoms with E-state index in [1.165, 1.54) is 0 Å². The number of hydrogen-bond donors (Lipinski definition) is 0. The molecule has 1 aromatic heterocycles. The molecule has 0 amide bonds. The zero-order valence-electron chi connectivity index (χ0n) is 11.1. The van der Waals surface area contributed by atoms with Crippen LogP contribution < -0.4 is 9.47 Å². The van der Waals surface area contributed by atoms with Gasteiger partial charge in [-0.1, -0.05) is 0 Å². The van der Waals surface area contributed by atoms with Crippen molar-refractivity contribution in [2.45, 2.75) is 13.8 Å². The monoisotopic (exact) mass is 275 g/mol. The fourth-order valence-corrected chi connectivity index (χ4v) is 1.94. The summed E-state index contributed by atoms with van der Waals surface area (Å²) in [6, 6.07) is 5.34. The number of aromatic nitrogens is 1. The van der Waals surface area contributed by atoms with Crippen LogP contribution in [0.25, 0.3) is 11.5 Å². The van der Waals surface area contributed by atoms with Crippen LogP contribution in [0.15, 0.2) is 22.6 Å². The first-order valence-electron chi connectivity index (χ1n) is 6.23. The van der Waals surface area contributed by atoms with Gasteiger partial charge in [-0.2, -0.15) is 0 Å². The van der Waals surface area contributed by atoms with Gasteiger partial charge in [-0.05, 0) is 32.0 Å². The standard InChI is InChI=1S/C14H13NO5/c1-3-17-14(16)12-8(2)15-13(20-12)9-4-5-10-11(6-9)19-7-18-10/h4-6H,3,7H2,1-2H3. The predicted molar refractivity (Wildman–Crippen MR) is 68.8 cm³/mol. The van der Waals surface area contributed by atoms with E-state index in [9.17, 15) is 4.79 Å². The van der Waals surface area contributed by atoms with Gasteiger partial charge in [0, 0.05) is 5.56 Å². The summed E-state index contributed by atoms with van der Waals surface area (Å²) in [7, 11) is 0. The number of carbonyl (C=O) groups is 1. The number of esters is 1. The summed E-state index contributed by atoms with van der Waals surface area (Å²) < 4.78 is 20.9. The van der Waals surface area contributed by atoms with Crippen molar-refractivity contribution in [2.75, 3.05) is 13.4 Å². The summed E-state index contributed by atoms with van der Waals surface area (Å²) in [4.78, 5) is 15.9. The van der Waals surface area contributed by atoms with Gasteiger partial charge < -0.3 is 18.6 Å². The minimum absolute atomic E-state index is 0.125. The second-order valence-corrected chi connectivity index (χ2v) is 4.22. The van der Waals surface area contributed by atoms with E-state index in [2.05, 4.69) is 4.98 Å². The number of carbonyl (C=O) groups excluding carboxylic acids is 1. The summed E-state index contributed by atoms with van der Waals surface area (Å²) in [5, 5.41) is 0. The number of oxazole rings is 1. The molecule has 0 saturated carbocycles. The topological polar surface area (TPSA) is 70.8 Å². The second kappa shape index (κ2) is 4.88. The molecule has 1 aliphatic rings. The van der Waals surface area contributed by atoms with Crippen molar-refractivity contribution >= 4 is 5.97 Å². The highest BCUT2D eigenvalue weighted by Gasteiger charge is 2.21. The van der Waals surface area contributed by atoms with Crippen LogP contribution in [0, 0.1) is 6.92 Å². The molecule has 0 unspecified atom stereocenters. The van der Waals surface area contributed by atoms with Crippen LogP contribution in [0.1, 0.15) is 23.2 Å². The maximum Gasteiger partial charge on any atom is 0.376 e. The van der Waals surface area contributed by atoms with E-state index in [0.717, 1.165) is 0 Å². The molecule has 6 nitrogen and oxygen atoms in total. The number of hydrogen-bond acceptors (Lipinski definition) is 6. The summed E-state index contributed by atoms with van der Waals surface area (Å²) in [6.45, 7) is 3.93. The summed E-state index contributed by atoms with van der Waals surface area (Å²) in [5.74, 6) is 1.28. The number of rotatable bonds is 3. The van der Waals surface area contributed by atoms with Gasteiger partial charge in [0.25, 0.3) is 0 Å². The third kappa shape index (κ3) is 2.09. The van der Waals surface area contributed by atoms with Crippen molar-refractivity contribution < 1.29 is 23.4 Å². The van der Waals surface area contributed by atoms with Crippen LogP contribution >= 0.6 is 0 Å². The highest BCUT2D eigenvalue weighted by atomic mass is 16.7. The first-order valence-corrected chi connectivity index (χ1v) is 6.23. The van der Waals surface area contributed by atoms with E-state index in [0.29, 0.717) is 35.3 Å². The molecule has 0 radical (unpaired) electrons. The Bertz CT molecular complexity index is 662. The average molecular weight is 275 g/mol. The van der Waals surface area contributed by atoms with Crippen molar-refractivity contribution in [3.05, 3.63) is 29.7 Å². The Morgan fingerprint density at radius 2 is 2.15 bits per heavy atom. The first-order chi connectivity index (χ1) is 9.69. The van der Waals surface area contributed by atoms with Gasteiger partial charge in [0.05, 0.1) is 12.3 Å². The Hall–Kier alpha value is -2.50. The number of aryl methyl sites for hydroxylation is 1. The number of benzene rings is 1. The maximum absolute atomic E-state index is 11.7. The maximum atomic E-state index is 11.7. The van der Waals surface area contributed by atoms with Crippen molar-refractivity contribution in [3.8, 4) is 23.0 Å². The molecule has 0 spiro atoms. The van der Waals surface area contributed by atoms with Gasteiger partial charge in [-0.15, -0.1) is 0 Å². The van der Waals surface area contributed by atoms with Gasteiger partial charge >= 0.3 is 5.97 Å². The molecule has 104 valence electrons.